The fraction of sp³-hybridized carbons (Fsp3) is 0.273. The predicted octanol–water partition coefficient (Wildman–Crippen LogP) is 1.95. The molecule has 0 aliphatic carbocycles. The van der Waals surface area contributed by atoms with E-state index in [-0.39, 0.29) is 11.9 Å². The minimum absolute atomic E-state index is 0.00461. The van der Waals surface area contributed by atoms with E-state index in [1.807, 2.05) is 18.2 Å². The van der Waals surface area contributed by atoms with E-state index >= 15 is 0 Å². The van der Waals surface area contributed by atoms with Crippen LogP contribution in [0.2, 0.25) is 5.02 Å². The highest BCUT2D eigenvalue weighted by molar-refractivity contribution is 7.80. The number of nitrogens with one attached hydrogen (secondary N) is 1. The van der Waals surface area contributed by atoms with Crippen molar-refractivity contribution in [3.05, 3.63) is 34.9 Å². The number of carbonyl (C=O) groups excluding carboxylic acids is 1. The molecule has 1 unspecified atom stereocenters. The Balaban J connectivity index is 2.16. The summed E-state index contributed by atoms with van der Waals surface area (Å²) in [5.74, 6) is 0.00461. The van der Waals surface area contributed by atoms with Crippen LogP contribution in [0.5, 0.6) is 0 Å². The number of carbonyl (C=O) groups is 1. The molecule has 1 aliphatic rings. The fourth-order valence-corrected chi connectivity index (χ4v) is 2.17. The van der Waals surface area contributed by atoms with E-state index in [1.54, 1.807) is 17.9 Å². The quantitative estimate of drug-likeness (QED) is 0.819. The standard InChI is InChI=1S/C11H11ClN2OS/c1-7-10(15)14(11(16)13-7)6-8-3-2-4-9(12)5-8/h2-5,7H,6H2,1H3,(H,13,16). The number of amides is 1. The summed E-state index contributed by atoms with van der Waals surface area (Å²) in [6.07, 6.45) is 0. The molecule has 84 valence electrons. The Morgan fingerprint density at radius 3 is 2.88 bits per heavy atom. The molecule has 1 amide bonds. The number of hydrogen-bond donors (Lipinski definition) is 1. The lowest BCUT2D eigenvalue weighted by Crippen LogP contribution is -2.30. The molecule has 0 bridgehead atoms. The highest BCUT2D eigenvalue weighted by Gasteiger charge is 2.31. The van der Waals surface area contributed by atoms with Crippen LogP contribution in [0.25, 0.3) is 0 Å². The van der Waals surface area contributed by atoms with E-state index in [9.17, 15) is 4.79 Å². The van der Waals surface area contributed by atoms with Crippen molar-refractivity contribution in [1.29, 1.82) is 0 Å². The average molecular weight is 255 g/mol. The summed E-state index contributed by atoms with van der Waals surface area (Å²) in [6, 6.07) is 7.19. The average Bonchev–Trinajstić information content (AvgIpc) is 2.45. The molecule has 0 spiro atoms. The summed E-state index contributed by atoms with van der Waals surface area (Å²) in [5.41, 5.74) is 0.971. The highest BCUT2D eigenvalue weighted by atomic mass is 35.5. The molecule has 1 heterocycles. The maximum atomic E-state index is 11.7. The Bertz CT molecular complexity index is 449. The normalized spacial score (nSPS) is 20.1. The van der Waals surface area contributed by atoms with Gasteiger partial charge in [0.05, 0.1) is 6.54 Å². The van der Waals surface area contributed by atoms with Crippen molar-refractivity contribution in [2.45, 2.75) is 19.5 Å². The molecular weight excluding hydrogens is 244 g/mol. The number of nitrogens with zero attached hydrogens (tertiary/aromatic N) is 1. The van der Waals surface area contributed by atoms with E-state index in [2.05, 4.69) is 5.32 Å². The Labute approximate surface area is 104 Å². The van der Waals surface area contributed by atoms with Crippen molar-refractivity contribution >= 4 is 34.8 Å². The van der Waals surface area contributed by atoms with Crippen molar-refractivity contribution in [2.24, 2.45) is 0 Å². The van der Waals surface area contributed by atoms with Crippen LogP contribution in [0.1, 0.15) is 12.5 Å². The molecule has 1 aliphatic heterocycles. The van der Waals surface area contributed by atoms with Crippen molar-refractivity contribution in [3.8, 4) is 0 Å². The van der Waals surface area contributed by atoms with Crippen LogP contribution >= 0.6 is 23.8 Å². The summed E-state index contributed by atoms with van der Waals surface area (Å²) in [5, 5.41) is 4.07. The summed E-state index contributed by atoms with van der Waals surface area (Å²) >= 11 is 11.0. The zero-order chi connectivity index (χ0) is 11.7. The molecule has 0 radical (unpaired) electrons. The molecule has 1 fully saturated rings. The third-order valence-corrected chi connectivity index (χ3v) is 3.02. The van der Waals surface area contributed by atoms with Crippen LogP contribution in [0.3, 0.4) is 0 Å². The van der Waals surface area contributed by atoms with Crippen LogP contribution < -0.4 is 5.32 Å². The molecule has 5 heteroatoms. The van der Waals surface area contributed by atoms with Gasteiger partial charge in [-0.3, -0.25) is 9.69 Å². The summed E-state index contributed by atoms with van der Waals surface area (Å²) in [7, 11) is 0. The second-order valence-electron chi connectivity index (χ2n) is 3.73. The Morgan fingerprint density at radius 2 is 2.31 bits per heavy atom. The number of hydrogen-bond acceptors (Lipinski definition) is 2. The minimum Gasteiger partial charge on any atom is -0.351 e. The third kappa shape index (κ3) is 2.18. The first-order chi connectivity index (χ1) is 7.58. The first kappa shape index (κ1) is 11.4. The zero-order valence-electron chi connectivity index (χ0n) is 8.74. The van der Waals surface area contributed by atoms with Gasteiger partial charge in [0.2, 0.25) is 0 Å². The smallest absolute Gasteiger partial charge is 0.251 e. The van der Waals surface area contributed by atoms with Crippen LogP contribution in [-0.2, 0) is 11.3 Å². The summed E-state index contributed by atoms with van der Waals surface area (Å²) < 4.78 is 0. The zero-order valence-corrected chi connectivity index (χ0v) is 10.3. The Morgan fingerprint density at radius 1 is 1.56 bits per heavy atom. The van der Waals surface area contributed by atoms with Gasteiger partial charge < -0.3 is 5.32 Å². The van der Waals surface area contributed by atoms with Crippen LogP contribution in [0.4, 0.5) is 0 Å². The highest BCUT2D eigenvalue weighted by Crippen LogP contribution is 2.15. The topological polar surface area (TPSA) is 32.3 Å². The number of thiocarbonyl (C=S) groups is 1. The molecule has 1 aromatic rings. The van der Waals surface area contributed by atoms with Gasteiger partial charge >= 0.3 is 0 Å². The SMILES string of the molecule is CC1NC(=S)N(Cc2cccc(Cl)c2)C1=O. The van der Waals surface area contributed by atoms with Gasteiger partial charge in [0, 0.05) is 5.02 Å². The first-order valence-corrected chi connectivity index (χ1v) is 5.73. The number of halogens is 1. The van der Waals surface area contributed by atoms with Crippen molar-refractivity contribution in [3.63, 3.8) is 0 Å². The van der Waals surface area contributed by atoms with Gasteiger partial charge in [-0.25, -0.2) is 0 Å². The second-order valence-corrected chi connectivity index (χ2v) is 4.55. The van der Waals surface area contributed by atoms with Gasteiger partial charge in [-0.1, -0.05) is 23.7 Å². The van der Waals surface area contributed by atoms with E-state index in [0.29, 0.717) is 16.7 Å². The van der Waals surface area contributed by atoms with Crippen LogP contribution in [0, 0.1) is 0 Å². The maximum Gasteiger partial charge on any atom is 0.251 e. The molecule has 2 rings (SSSR count). The Hall–Kier alpha value is -1.13. The summed E-state index contributed by atoms with van der Waals surface area (Å²) in [6.45, 7) is 2.27. The van der Waals surface area contributed by atoms with Gasteiger partial charge in [0.1, 0.15) is 6.04 Å². The molecule has 1 N–H and O–H groups in total. The Kier molecular flexibility index (Phi) is 3.12. The molecular formula is C11H11ClN2OS. The van der Waals surface area contributed by atoms with Crippen molar-refractivity contribution in [2.75, 3.05) is 0 Å². The largest absolute Gasteiger partial charge is 0.351 e. The molecule has 16 heavy (non-hydrogen) atoms. The lowest BCUT2D eigenvalue weighted by atomic mass is 10.2. The second kappa shape index (κ2) is 4.39. The van der Waals surface area contributed by atoms with E-state index in [1.165, 1.54) is 0 Å². The number of benzene rings is 1. The van der Waals surface area contributed by atoms with Gasteiger partial charge in [-0.05, 0) is 36.8 Å². The van der Waals surface area contributed by atoms with Crippen LogP contribution in [0.15, 0.2) is 24.3 Å². The van der Waals surface area contributed by atoms with Crippen LogP contribution in [-0.4, -0.2) is 22.0 Å². The van der Waals surface area contributed by atoms with E-state index in [4.69, 9.17) is 23.8 Å². The molecule has 3 nitrogen and oxygen atoms in total. The fourth-order valence-electron chi connectivity index (χ4n) is 1.63. The van der Waals surface area contributed by atoms with Gasteiger partial charge in [-0.15, -0.1) is 0 Å². The maximum absolute atomic E-state index is 11.7. The number of rotatable bonds is 2. The van der Waals surface area contributed by atoms with E-state index < -0.39 is 0 Å². The molecule has 0 saturated carbocycles. The lowest BCUT2D eigenvalue weighted by Gasteiger charge is -2.14. The van der Waals surface area contributed by atoms with Gasteiger partial charge in [-0.2, -0.15) is 0 Å². The molecule has 0 aromatic heterocycles. The molecule has 1 saturated heterocycles. The van der Waals surface area contributed by atoms with Gasteiger partial charge in [0.15, 0.2) is 5.11 Å². The third-order valence-electron chi connectivity index (χ3n) is 2.45. The summed E-state index contributed by atoms with van der Waals surface area (Å²) in [4.78, 5) is 13.3. The molecule has 1 aromatic carbocycles. The van der Waals surface area contributed by atoms with Crippen molar-refractivity contribution < 1.29 is 4.79 Å². The lowest BCUT2D eigenvalue weighted by molar-refractivity contribution is -0.127. The van der Waals surface area contributed by atoms with Gasteiger partial charge in [0.25, 0.3) is 5.91 Å². The van der Waals surface area contributed by atoms with Crippen molar-refractivity contribution in [1.82, 2.24) is 10.2 Å². The first-order valence-electron chi connectivity index (χ1n) is 4.94. The molecule has 1 atom stereocenters. The minimum atomic E-state index is -0.230. The van der Waals surface area contributed by atoms with E-state index in [0.717, 1.165) is 5.56 Å². The monoisotopic (exact) mass is 254 g/mol. The predicted molar refractivity (Wildman–Crippen MR) is 67.2 cm³/mol.